The van der Waals surface area contributed by atoms with Gasteiger partial charge in [0.25, 0.3) is 0 Å². The highest BCUT2D eigenvalue weighted by Gasteiger charge is 2.24. The maximum atomic E-state index is 11.9. The van der Waals surface area contributed by atoms with Crippen LogP contribution < -0.4 is 4.72 Å². The van der Waals surface area contributed by atoms with Crippen molar-refractivity contribution in [1.29, 1.82) is 0 Å². The van der Waals surface area contributed by atoms with Crippen molar-refractivity contribution in [3.8, 4) is 0 Å². The first-order valence-electron chi connectivity index (χ1n) is 7.80. The minimum absolute atomic E-state index is 0.139. The molecule has 1 heterocycles. The van der Waals surface area contributed by atoms with Gasteiger partial charge in [0.2, 0.25) is 10.0 Å². The van der Waals surface area contributed by atoms with Crippen LogP contribution in [0.25, 0.3) is 0 Å². The van der Waals surface area contributed by atoms with Crippen molar-refractivity contribution >= 4 is 10.0 Å². The van der Waals surface area contributed by atoms with E-state index in [9.17, 15) is 8.42 Å². The third kappa shape index (κ3) is 4.80. The van der Waals surface area contributed by atoms with E-state index in [1.165, 1.54) is 24.0 Å². The molecule has 21 heavy (non-hydrogen) atoms. The molecule has 4 nitrogen and oxygen atoms in total. The number of sulfonamides is 1. The predicted octanol–water partition coefficient (Wildman–Crippen LogP) is 2.46. The van der Waals surface area contributed by atoms with Crippen molar-refractivity contribution in [2.75, 3.05) is 25.4 Å². The molecule has 1 aromatic carbocycles. The van der Waals surface area contributed by atoms with Gasteiger partial charge in [-0.3, -0.25) is 4.90 Å². The topological polar surface area (TPSA) is 49.4 Å². The maximum Gasteiger partial charge on any atom is 0.211 e. The monoisotopic (exact) mass is 310 g/mol. The fraction of sp³-hybridized carbons (Fsp3) is 0.625. The van der Waals surface area contributed by atoms with Gasteiger partial charge in [-0.15, -0.1) is 0 Å². The fourth-order valence-electron chi connectivity index (χ4n) is 2.85. The lowest BCUT2D eigenvalue weighted by Crippen LogP contribution is -2.37. The Kier molecular flexibility index (Phi) is 5.79. The molecule has 0 spiro atoms. The summed E-state index contributed by atoms with van der Waals surface area (Å²) in [7, 11) is -3.15. The summed E-state index contributed by atoms with van der Waals surface area (Å²) in [6, 6.07) is 8.57. The Balaban J connectivity index is 2.11. The molecule has 1 unspecified atom stereocenters. The fourth-order valence-corrected chi connectivity index (χ4v) is 3.94. The third-order valence-electron chi connectivity index (χ3n) is 4.01. The van der Waals surface area contributed by atoms with Crippen LogP contribution in [0.15, 0.2) is 24.3 Å². The average molecular weight is 310 g/mol. The first-order chi connectivity index (χ1) is 10.0. The lowest BCUT2D eigenvalue weighted by Gasteiger charge is -2.28. The van der Waals surface area contributed by atoms with Crippen molar-refractivity contribution in [2.45, 2.75) is 39.2 Å². The van der Waals surface area contributed by atoms with E-state index in [4.69, 9.17) is 0 Å². The van der Waals surface area contributed by atoms with E-state index in [0.717, 1.165) is 13.1 Å². The van der Waals surface area contributed by atoms with Crippen molar-refractivity contribution < 1.29 is 8.42 Å². The van der Waals surface area contributed by atoms with Gasteiger partial charge in [-0.2, -0.15) is 0 Å². The SMILES string of the molecule is CCCS(=O)(=O)NCC(c1ccc(C)cc1)N1CCCC1. The summed E-state index contributed by atoms with van der Waals surface area (Å²) in [6.45, 7) is 6.52. The van der Waals surface area contributed by atoms with Crippen LogP contribution in [-0.4, -0.2) is 38.7 Å². The highest BCUT2D eigenvalue weighted by molar-refractivity contribution is 7.89. The standard InChI is InChI=1S/C16H26N2O2S/c1-3-12-21(19,20)17-13-16(18-10-4-5-11-18)15-8-6-14(2)7-9-15/h6-9,16-17H,3-5,10-13H2,1-2H3. The third-order valence-corrected chi connectivity index (χ3v) is 5.57. The van der Waals surface area contributed by atoms with Gasteiger partial charge in [0.05, 0.1) is 5.75 Å². The maximum absolute atomic E-state index is 11.9. The van der Waals surface area contributed by atoms with E-state index >= 15 is 0 Å². The molecule has 1 saturated heterocycles. The molecule has 0 amide bonds. The van der Waals surface area contributed by atoms with Crippen molar-refractivity contribution in [1.82, 2.24) is 9.62 Å². The van der Waals surface area contributed by atoms with Crippen LogP contribution in [0.2, 0.25) is 0 Å². The summed E-state index contributed by atoms with van der Waals surface area (Å²) >= 11 is 0. The summed E-state index contributed by atoms with van der Waals surface area (Å²) in [5.74, 6) is 0.202. The van der Waals surface area contributed by atoms with Gasteiger partial charge in [-0.05, 0) is 44.8 Å². The second-order valence-corrected chi connectivity index (χ2v) is 7.76. The Hall–Kier alpha value is -0.910. The van der Waals surface area contributed by atoms with Crippen LogP contribution in [0, 0.1) is 6.92 Å². The zero-order valence-corrected chi connectivity index (χ0v) is 13.8. The Morgan fingerprint density at radius 2 is 1.81 bits per heavy atom. The minimum atomic E-state index is -3.15. The molecule has 1 aromatic rings. The molecular weight excluding hydrogens is 284 g/mol. The second kappa shape index (κ2) is 7.38. The molecule has 0 bridgehead atoms. The summed E-state index contributed by atoms with van der Waals surface area (Å²) in [5, 5.41) is 0. The molecule has 2 rings (SSSR count). The molecule has 1 aliphatic rings. The molecule has 1 fully saturated rings. The smallest absolute Gasteiger partial charge is 0.211 e. The van der Waals surface area contributed by atoms with Crippen LogP contribution in [0.3, 0.4) is 0 Å². The molecule has 0 saturated carbocycles. The van der Waals surface area contributed by atoms with Gasteiger partial charge in [0.1, 0.15) is 0 Å². The van der Waals surface area contributed by atoms with Gasteiger partial charge >= 0.3 is 0 Å². The summed E-state index contributed by atoms with van der Waals surface area (Å²) in [6.07, 6.45) is 3.04. The Morgan fingerprint density at radius 1 is 1.19 bits per heavy atom. The van der Waals surface area contributed by atoms with E-state index < -0.39 is 10.0 Å². The van der Waals surface area contributed by atoms with Crippen LogP contribution in [-0.2, 0) is 10.0 Å². The summed E-state index contributed by atoms with van der Waals surface area (Å²) in [5.41, 5.74) is 2.42. The van der Waals surface area contributed by atoms with Gasteiger partial charge in [-0.25, -0.2) is 13.1 Å². The van der Waals surface area contributed by atoms with Crippen LogP contribution in [0.1, 0.15) is 43.4 Å². The molecule has 1 atom stereocenters. The Morgan fingerprint density at radius 3 is 2.38 bits per heavy atom. The zero-order valence-electron chi connectivity index (χ0n) is 13.0. The first-order valence-corrected chi connectivity index (χ1v) is 9.45. The number of aryl methyl sites for hydroxylation is 1. The number of nitrogens with zero attached hydrogens (tertiary/aromatic N) is 1. The molecule has 0 aliphatic carbocycles. The van der Waals surface area contributed by atoms with E-state index in [0.29, 0.717) is 13.0 Å². The lowest BCUT2D eigenvalue weighted by atomic mass is 10.0. The van der Waals surface area contributed by atoms with Gasteiger partial charge in [0, 0.05) is 12.6 Å². The van der Waals surface area contributed by atoms with Crippen LogP contribution >= 0.6 is 0 Å². The highest BCUT2D eigenvalue weighted by Crippen LogP contribution is 2.25. The highest BCUT2D eigenvalue weighted by atomic mass is 32.2. The quantitative estimate of drug-likeness (QED) is 0.841. The predicted molar refractivity (Wildman–Crippen MR) is 86.8 cm³/mol. The molecule has 5 heteroatoms. The van der Waals surface area contributed by atoms with Crippen molar-refractivity contribution in [3.05, 3.63) is 35.4 Å². The van der Waals surface area contributed by atoms with E-state index in [2.05, 4.69) is 40.8 Å². The molecule has 0 radical (unpaired) electrons. The molecule has 0 aromatic heterocycles. The Bertz CT molecular complexity index is 534. The second-order valence-electron chi connectivity index (χ2n) is 5.84. The van der Waals surface area contributed by atoms with Gasteiger partial charge in [0.15, 0.2) is 0 Å². The number of benzene rings is 1. The van der Waals surface area contributed by atoms with Crippen molar-refractivity contribution in [3.63, 3.8) is 0 Å². The van der Waals surface area contributed by atoms with E-state index in [-0.39, 0.29) is 11.8 Å². The normalized spacial score (nSPS) is 18.0. The summed E-state index contributed by atoms with van der Waals surface area (Å²) < 4.78 is 26.6. The summed E-state index contributed by atoms with van der Waals surface area (Å²) in [4.78, 5) is 2.39. The van der Waals surface area contributed by atoms with Crippen molar-refractivity contribution in [2.24, 2.45) is 0 Å². The molecule has 1 aliphatic heterocycles. The van der Waals surface area contributed by atoms with Crippen LogP contribution in [0.4, 0.5) is 0 Å². The number of hydrogen-bond donors (Lipinski definition) is 1. The number of likely N-dealkylation sites (tertiary alicyclic amines) is 1. The van der Waals surface area contributed by atoms with E-state index in [1.807, 2.05) is 6.92 Å². The number of hydrogen-bond acceptors (Lipinski definition) is 3. The molecular formula is C16H26N2O2S. The molecule has 118 valence electrons. The average Bonchev–Trinajstić information content (AvgIpc) is 2.95. The number of rotatable bonds is 7. The van der Waals surface area contributed by atoms with Gasteiger partial charge in [-0.1, -0.05) is 36.8 Å². The zero-order chi connectivity index (χ0) is 15.3. The lowest BCUT2D eigenvalue weighted by molar-refractivity contribution is 0.246. The molecule has 1 N–H and O–H groups in total. The van der Waals surface area contributed by atoms with Crippen LogP contribution in [0.5, 0.6) is 0 Å². The minimum Gasteiger partial charge on any atom is -0.295 e. The Labute approximate surface area is 128 Å². The first kappa shape index (κ1) is 16.5. The largest absolute Gasteiger partial charge is 0.295 e. The number of nitrogens with one attached hydrogen (secondary N) is 1. The van der Waals surface area contributed by atoms with Gasteiger partial charge < -0.3 is 0 Å². The van der Waals surface area contributed by atoms with E-state index in [1.54, 1.807) is 0 Å².